The SMILES string of the molecule is O=C(CC1Oc2ccc(C[C@H](NS(=O)(=O)C3CCCCC3)C(=O)OCc3ccccc3)cc2NC1=O)Nc1ncc[nH]1. The lowest BCUT2D eigenvalue weighted by Crippen LogP contribution is -2.47. The lowest BCUT2D eigenvalue weighted by Gasteiger charge is -2.27. The number of imidazole rings is 1. The van der Waals surface area contributed by atoms with E-state index in [1.165, 1.54) is 6.20 Å². The number of nitrogens with zero attached hydrogens (tertiary/aromatic N) is 1. The van der Waals surface area contributed by atoms with Crippen molar-refractivity contribution in [1.29, 1.82) is 0 Å². The molecule has 1 aliphatic carbocycles. The summed E-state index contributed by atoms with van der Waals surface area (Å²) in [5.74, 6) is -1.05. The van der Waals surface area contributed by atoms with E-state index in [2.05, 4.69) is 25.3 Å². The minimum Gasteiger partial charge on any atom is -0.478 e. The van der Waals surface area contributed by atoms with Crippen molar-refractivity contribution in [1.82, 2.24) is 14.7 Å². The summed E-state index contributed by atoms with van der Waals surface area (Å²) >= 11 is 0. The van der Waals surface area contributed by atoms with Gasteiger partial charge in [0.2, 0.25) is 21.9 Å². The molecule has 222 valence electrons. The monoisotopic (exact) mass is 595 g/mol. The molecule has 5 rings (SSSR count). The topological polar surface area (TPSA) is 169 Å². The molecule has 13 heteroatoms. The number of benzene rings is 2. The lowest BCUT2D eigenvalue weighted by atomic mass is 10.0. The van der Waals surface area contributed by atoms with Crippen molar-refractivity contribution in [3.63, 3.8) is 0 Å². The third-order valence-corrected chi connectivity index (χ3v) is 9.20. The van der Waals surface area contributed by atoms with Crippen LogP contribution >= 0.6 is 0 Å². The fourth-order valence-corrected chi connectivity index (χ4v) is 6.77. The van der Waals surface area contributed by atoms with Crippen LogP contribution in [0.15, 0.2) is 60.9 Å². The molecule has 0 radical (unpaired) electrons. The van der Waals surface area contributed by atoms with Gasteiger partial charge in [0.1, 0.15) is 18.4 Å². The Bertz CT molecular complexity index is 1510. The molecule has 0 saturated heterocycles. The molecular formula is C29H33N5O7S. The minimum atomic E-state index is -3.78. The van der Waals surface area contributed by atoms with Crippen molar-refractivity contribution in [2.75, 3.05) is 10.6 Å². The number of hydrogen-bond donors (Lipinski definition) is 4. The molecule has 12 nitrogen and oxygen atoms in total. The first-order chi connectivity index (χ1) is 20.3. The number of aromatic amines is 1. The molecule has 0 spiro atoms. The van der Waals surface area contributed by atoms with Gasteiger partial charge >= 0.3 is 5.97 Å². The highest BCUT2D eigenvalue weighted by Gasteiger charge is 2.34. The van der Waals surface area contributed by atoms with E-state index in [1.54, 1.807) is 24.4 Å². The van der Waals surface area contributed by atoms with E-state index in [9.17, 15) is 22.8 Å². The average molecular weight is 596 g/mol. The number of aromatic nitrogens is 2. The van der Waals surface area contributed by atoms with Crippen LogP contribution in [0.2, 0.25) is 0 Å². The number of nitrogens with one attached hydrogen (secondary N) is 4. The second-order valence-corrected chi connectivity index (χ2v) is 12.4. The molecule has 3 aromatic rings. The fraction of sp³-hybridized carbons (Fsp3) is 0.379. The zero-order chi connectivity index (χ0) is 29.5. The number of amides is 2. The Morgan fingerprint density at radius 2 is 1.86 bits per heavy atom. The van der Waals surface area contributed by atoms with E-state index in [1.807, 2.05) is 30.3 Å². The number of fused-ring (bicyclic) bond motifs is 1. The van der Waals surface area contributed by atoms with Gasteiger partial charge < -0.3 is 19.8 Å². The van der Waals surface area contributed by atoms with Gasteiger partial charge in [0.15, 0.2) is 6.10 Å². The summed E-state index contributed by atoms with van der Waals surface area (Å²) in [5, 5.41) is 4.73. The Balaban J connectivity index is 1.28. The number of anilines is 2. The van der Waals surface area contributed by atoms with Gasteiger partial charge in [0, 0.05) is 12.4 Å². The van der Waals surface area contributed by atoms with Crippen LogP contribution < -0.4 is 20.1 Å². The summed E-state index contributed by atoms with van der Waals surface area (Å²) in [7, 11) is -3.78. The standard InChI is InChI=1S/C29H33N5O7S/c35-26(33-29-30-13-14-31-29)17-25-27(36)32-22-15-20(11-12-24(22)41-25)16-23(28(37)40-18-19-7-3-1-4-8-19)34-42(38,39)21-9-5-2-6-10-21/h1,3-4,7-8,11-15,21,23,25,34H,2,5-6,9-10,16-18H2,(H,32,36)(H2,30,31,33,35)/t23-,25?/m0/s1. The van der Waals surface area contributed by atoms with E-state index in [0.29, 0.717) is 29.8 Å². The minimum absolute atomic E-state index is 0.00228. The summed E-state index contributed by atoms with van der Waals surface area (Å²) in [6.07, 6.45) is 5.49. The Labute approximate surface area is 243 Å². The maximum Gasteiger partial charge on any atom is 0.324 e. The second-order valence-electron chi connectivity index (χ2n) is 10.4. The molecule has 0 bridgehead atoms. The van der Waals surface area contributed by atoms with Crippen LogP contribution in [0.1, 0.15) is 49.7 Å². The lowest BCUT2D eigenvalue weighted by molar-refractivity contribution is -0.147. The first-order valence-electron chi connectivity index (χ1n) is 13.9. The van der Waals surface area contributed by atoms with Crippen LogP contribution in [0.25, 0.3) is 0 Å². The van der Waals surface area contributed by atoms with Gasteiger partial charge in [-0.3, -0.25) is 19.7 Å². The van der Waals surface area contributed by atoms with Gasteiger partial charge in [-0.1, -0.05) is 55.7 Å². The van der Waals surface area contributed by atoms with Gasteiger partial charge in [-0.05, 0) is 42.5 Å². The number of carbonyl (C=O) groups is 3. The first-order valence-corrected chi connectivity index (χ1v) is 15.4. The molecule has 1 fully saturated rings. The number of sulfonamides is 1. The van der Waals surface area contributed by atoms with Crippen molar-refractivity contribution >= 4 is 39.4 Å². The van der Waals surface area contributed by atoms with Crippen molar-refractivity contribution in [3.8, 4) is 5.75 Å². The predicted octanol–water partition coefficient (Wildman–Crippen LogP) is 3.04. The van der Waals surface area contributed by atoms with Gasteiger partial charge in [0.25, 0.3) is 5.91 Å². The molecule has 1 unspecified atom stereocenters. The summed E-state index contributed by atoms with van der Waals surface area (Å²) < 4.78 is 40.4. The van der Waals surface area contributed by atoms with Crippen LogP contribution in [0.5, 0.6) is 5.75 Å². The number of ether oxygens (including phenoxy) is 2. The van der Waals surface area contributed by atoms with Gasteiger partial charge in [-0.25, -0.2) is 18.1 Å². The van der Waals surface area contributed by atoms with Crippen LogP contribution in [-0.2, 0) is 42.2 Å². The summed E-state index contributed by atoms with van der Waals surface area (Å²) in [6.45, 7) is 0.00427. The first kappa shape index (κ1) is 29.3. The molecular weight excluding hydrogens is 562 g/mol. The highest BCUT2D eigenvalue weighted by molar-refractivity contribution is 7.90. The molecule has 2 amide bonds. The maximum atomic E-state index is 13.2. The van der Waals surface area contributed by atoms with E-state index in [-0.39, 0.29) is 25.4 Å². The van der Waals surface area contributed by atoms with E-state index >= 15 is 0 Å². The molecule has 1 aromatic heterocycles. The molecule has 1 aliphatic heterocycles. The number of hydrogen-bond acceptors (Lipinski definition) is 8. The maximum absolute atomic E-state index is 13.2. The molecule has 2 heterocycles. The third-order valence-electron chi connectivity index (χ3n) is 7.24. The fourth-order valence-electron chi connectivity index (χ4n) is 5.05. The Kier molecular flexibility index (Phi) is 9.18. The average Bonchev–Trinajstić information content (AvgIpc) is 3.50. The molecule has 4 N–H and O–H groups in total. The van der Waals surface area contributed by atoms with E-state index in [0.717, 1.165) is 24.8 Å². The zero-order valence-electron chi connectivity index (χ0n) is 22.9. The van der Waals surface area contributed by atoms with Gasteiger partial charge in [-0.15, -0.1) is 0 Å². The van der Waals surface area contributed by atoms with Crippen molar-refractivity contribution in [3.05, 3.63) is 72.1 Å². The van der Waals surface area contributed by atoms with Crippen molar-refractivity contribution in [2.45, 2.75) is 68.9 Å². The zero-order valence-corrected chi connectivity index (χ0v) is 23.7. The largest absolute Gasteiger partial charge is 0.478 e. The van der Waals surface area contributed by atoms with Gasteiger partial charge in [0.05, 0.1) is 17.4 Å². The Hall–Kier alpha value is -4.23. The molecule has 42 heavy (non-hydrogen) atoms. The summed E-state index contributed by atoms with van der Waals surface area (Å²) in [5.41, 5.74) is 1.71. The normalized spacial score (nSPS) is 17.8. The Morgan fingerprint density at radius 1 is 1.07 bits per heavy atom. The molecule has 1 saturated carbocycles. The smallest absolute Gasteiger partial charge is 0.324 e. The van der Waals surface area contributed by atoms with E-state index in [4.69, 9.17) is 9.47 Å². The highest BCUT2D eigenvalue weighted by Crippen LogP contribution is 2.32. The predicted molar refractivity (Wildman–Crippen MR) is 154 cm³/mol. The van der Waals surface area contributed by atoms with Crippen LogP contribution in [0.3, 0.4) is 0 Å². The number of H-pyrrole nitrogens is 1. The van der Waals surface area contributed by atoms with Crippen LogP contribution in [0.4, 0.5) is 11.6 Å². The molecule has 2 aliphatic rings. The van der Waals surface area contributed by atoms with Crippen LogP contribution in [0, 0.1) is 0 Å². The second kappa shape index (κ2) is 13.2. The quantitative estimate of drug-likeness (QED) is 0.245. The highest BCUT2D eigenvalue weighted by atomic mass is 32.2. The number of esters is 1. The van der Waals surface area contributed by atoms with Crippen molar-refractivity contribution in [2.24, 2.45) is 0 Å². The van der Waals surface area contributed by atoms with E-state index < -0.39 is 45.2 Å². The third kappa shape index (κ3) is 7.53. The summed E-state index contributed by atoms with van der Waals surface area (Å²) in [4.78, 5) is 44.9. The number of rotatable bonds is 11. The summed E-state index contributed by atoms with van der Waals surface area (Å²) in [6, 6.07) is 12.9. The van der Waals surface area contributed by atoms with Crippen LogP contribution in [-0.4, -0.2) is 53.6 Å². The van der Waals surface area contributed by atoms with Gasteiger partial charge in [-0.2, -0.15) is 0 Å². The Morgan fingerprint density at radius 3 is 2.60 bits per heavy atom. The molecule has 2 atom stereocenters. The number of carbonyl (C=O) groups excluding carboxylic acids is 3. The van der Waals surface area contributed by atoms with Crippen molar-refractivity contribution < 1.29 is 32.3 Å². The molecule has 2 aromatic carbocycles.